The molecular weight excluding hydrogens is 298 g/mol. The Kier molecular flexibility index (Phi) is 4.92. The number of carbonyl (C=O) groups is 1. The van der Waals surface area contributed by atoms with Crippen LogP contribution in [0.5, 0.6) is 11.5 Å². The maximum atomic E-state index is 12.5. The standard InChI is InChI=1S/C21H19NO2/c1-2-16-12-14-17(15-13-16)21(23)22-19-10-6-7-11-20(19)24-18-8-4-3-5-9-18/h3-15H,2H2,1H3,(H,22,23). The van der Waals surface area contributed by atoms with Crippen molar-refractivity contribution in [2.75, 3.05) is 5.32 Å². The average Bonchev–Trinajstić information content (AvgIpc) is 2.64. The van der Waals surface area contributed by atoms with Crippen LogP contribution in [-0.4, -0.2) is 5.91 Å². The van der Waals surface area contributed by atoms with E-state index in [1.165, 1.54) is 5.56 Å². The van der Waals surface area contributed by atoms with Gasteiger partial charge in [0.1, 0.15) is 5.75 Å². The third kappa shape index (κ3) is 3.82. The zero-order valence-corrected chi connectivity index (χ0v) is 13.5. The van der Waals surface area contributed by atoms with E-state index in [-0.39, 0.29) is 5.91 Å². The third-order valence-corrected chi connectivity index (χ3v) is 3.73. The lowest BCUT2D eigenvalue weighted by atomic mass is 10.1. The Morgan fingerprint density at radius 2 is 1.54 bits per heavy atom. The van der Waals surface area contributed by atoms with Crippen LogP contribution in [0.15, 0.2) is 78.9 Å². The molecule has 0 heterocycles. The normalized spacial score (nSPS) is 10.2. The number of carbonyl (C=O) groups excluding carboxylic acids is 1. The van der Waals surface area contributed by atoms with Crippen LogP contribution in [0.3, 0.4) is 0 Å². The molecule has 1 N–H and O–H groups in total. The minimum atomic E-state index is -0.151. The lowest BCUT2D eigenvalue weighted by molar-refractivity contribution is 0.102. The number of ether oxygens (including phenoxy) is 1. The van der Waals surface area contributed by atoms with Crippen molar-refractivity contribution >= 4 is 11.6 Å². The first-order valence-electron chi connectivity index (χ1n) is 7.98. The van der Waals surface area contributed by atoms with E-state index in [1.807, 2.05) is 78.9 Å². The fourth-order valence-corrected chi connectivity index (χ4v) is 2.36. The maximum absolute atomic E-state index is 12.5. The number of para-hydroxylation sites is 3. The summed E-state index contributed by atoms with van der Waals surface area (Å²) in [5.41, 5.74) is 2.48. The number of anilines is 1. The zero-order valence-electron chi connectivity index (χ0n) is 13.5. The Morgan fingerprint density at radius 1 is 0.875 bits per heavy atom. The Hall–Kier alpha value is -3.07. The van der Waals surface area contributed by atoms with E-state index in [0.29, 0.717) is 17.0 Å². The first kappa shape index (κ1) is 15.8. The van der Waals surface area contributed by atoms with Gasteiger partial charge in [-0.15, -0.1) is 0 Å². The van der Waals surface area contributed by atoms with Gasteiger partial charge >= 0.3 is 0 Å². The van der Waals surface area contributed by atoms with Crippen molar-refractivity contribution in [1.82, 2.24) is 0 Å². The predicted octanol–water partition coefficient (Wildman–Crippen LogP) is 5.29. The van der Waals surface area contributed by atoms with Crippen LogP contribution < -0.4 is 10.1 Å². The van der Waals surface area contributed by atoms with Crippen LogP contribution >= 0.6 is 0 Å². The predicted molar refractivity (Wildman–Crippen MR) is 96.7 cm³/mol. The molecular formula is C21H19NO2. The minimum Gasteiger partial charge on any atom is -0.455 e. The summed E-state index contributed by atoms with van der Waals surface area (Å²) in [7, 11) is 0. The van der Waals surface area contributed by atoms with E-state index >= 15 is 0 Å². The molecule has 3 rings (SSSR count). The van der Waals surface area contributed by atoms with E-state index in [4.69, 9.17) is 4.74 Å². The summed E-state index contributed by atoms with van der Waals surface area (Å²) in [4.78, 5) is 12.5. The van der Waals surface area contributed by atoms with Gasteiger partial charge in [-0.2, -0.15) is 0 Å². The second-order valence-corrected chi connectivity index (χ2v) is 5.42. The first-order chi connectivity index (χ1) is 11.8. The van der Waals surface area contributed by atoms with Crippen molar-refractivity contribution < 1.29 is 9.53 Å². The van der Waals surface area contributed by atoms with Gasteiger partial charge in [-0.3, -0.25) is 4.79 Å². The average molecular weight is 317 g/mol. The van der Waals surface area contributed by atoms with Crippen LogP contribution in [0.1, 0.15) is 22.8 Å². The SMILES string of the molecule is CCc1ccc(C(=O)Nc2ccccc2Oc2ccccc2)cc1. The van der Waals surface area contributed by atoms with Crippen LogP contribution in [0.2, 0.25) is 0 Å². The molecule has 0 spiro atoms. The summed E-state index contributed by atoms with van der Waals surface area (Å²) in [6, 6.07) is 24.5. The highest BCUT2D eigenvalue weighted by atomic mass is 16.5. The van der Waals surface area contributed by atoms with Gasteiger partial charge in [0.05, 0.1) is 5.69 Å². The van der Waals surface area contributed by atoms with Gasteiger partial charge in [0.25, 0.3) is 5.91 Å². The molecule has 0 saturated heterocycles. The molecule has 0 radical (unpaired) electrons. The summed E-state index contributed by atoms with van der Waals surface area (Å²) < 4.78 is 5.87. The Balaban J connectivity index is 1.78. The van der Waals surface area contributed by atoms with E-state index in [0.717, 1.165) is 12.2 Å². The van der Waals surface area contributed by atoms with E-state index < -0.39 is 0 Å². The molecule has 3 nitrogen and oxygen atoms in total. The summed E-state index contributed by atoms with van der Waals surface area (Å²) in [6.45, 7) is 2.09. The largest absolute Gasteiger partial charge is 0.455 e. The zero-order chi connectivity index (χ0) is 16.8. The quantitative estimate of drug-likeness (QED) is 0.694. The van der Waals surface area contributed by atoms with Crippen LogP contribution in [0, 0.1) is 0 Å². The van der Waals surface area contributed by atoms with Gasteiger partial charge < -0.3 is 10.1 Å². The molecule has 0 unspecified atom stereocenters. The smallest absolute Gasteiger partial charge is 0.255 e. The lowest BCUT2D eigenvalue weighted by Gasteiger charge is -2.12. The second kappa shape index (κ2) is 7.47. The molecule has 120 valence electrons. The summed E-state index contributed by atoms with van der Waals surface area (Å²) in [5, 5.41) is 2.92. The molecule has 3 aromatic rings. The van der Waals surface area contributed by atoms with Crippen molar-refractivity contribution in [3.05, 3.63) is 90.0 Å². The molecule has 0 aliphatic carbocycles. The van der Waals surface area contributed by atoms with Crippen LogP contribution in [0.4, 0.5) is 5.69 Å². The molecule has 1 amide bonds. The van der Waals surface area contributed by atoms with Crippen molar-refractivity contribution in [3.8, 4) is 11.5 Å². The number of nitrogens with one attached hydrogen (secondary N) is 1. The van der Waals surface area contributed by atoms with Crippen molar-refractivity contribution in [1.29, 1.82) is 0 Å². The lowest BCUT2D eigenvalue weighted by Crippen LogP contribution is -2.12. The van der Waals surface area contributed by atoms with E-state index in [1.54, 1.807) is 0 Å². The number of benzene rings is 3. The number of rotatable bonds is 5. The molecule has 0 atom stereocenters. The molecule has 3 aromatic carbocycles. The number of aryl methyl sites for hydroxylation is 1. The Morgan fingerprint density at radius 3 is 2.25 bits per heavy atom. The molecule has 0 saturated carbocycles. The number of hydrogen-bond acceptors (Lipinski definition) is 2. The van der Waals surface area contributed by atoms with Crippen LogP contribution in [0.25, 0.3) is 0 Å². The molecule has 0 fully saturated rings. The van der Waals surface area contributed by atoms with Gasteiger partial charge in [-0.05, 0) is 48.4 Å². The minimum absolute atomic E-state index is 0.151. The maximum Gasteiger partial charge on any atom is 0.255 e. The summed E-state index contributed by atoms with van der Waals surface area (Å²) in [5.74, 6) is 1.19. The van der Waals surface area contributed by atoms with Gasteiger partial charge in [0.15, 0.2) is 5.75 Å². The van der Waals surface area contributed by atoms with Gasteiger partial charge in [-0.1, -0.05) is 49.4 Å². The third-order valence-electron chi connectivity index (χ3n) is 3.73. The highest BCUT2D eigenvalue weighted by molar-refractivity contribution is 6.05. The number of hydrogen-bond donors (Lipinski definition) is 1. The van der Waals surface area contributed by atoms with E-state index in [9.17, 15) is 4.79 Å². The van der Waals surface area contributed by atoms with Crippen LogP contribution in [-0.2, 0) is 6.42 Å². The fraction of sp³-hybridized carbons (Fsp3) is 0.0952. The monoisotopic (exact) mass is 317 g/mol. The Bertz CT molecular complexity index is 811. The highest BCUT2D eigenvalue weighted by Gasteiger charge is 2.10. The Labute approximate surface area is 141 Å². The molecule has 0 aromatic heterocycles. The fourth-order valence-electron chi connectivity index (χ4n) is 2.36. The molecule has 0 aliphatic heterocycles. The topological polar surface area (TPSA) is 38.3 Å². The molecule has 0 aliphatic rings. The van der Waals surface area contributed by atoms with Crippen molar-refractivity contribution in [3.63, 3.8) is 0 Å². The summed E-state index contributed by atoms with van der Waals surface area (Å²) in [6.07, 6.45) is 0.954. The van der Waals surface area contributed by atoms with Crippen molar-refractivity contribution in [2.45, 2.75) is 13.3 Å². The number of amides is 1. The highest BCUT2D eigenvalue weighted by Crippen LogP contribution is 2.29. The van der Waals surface area contributed by atoms with E-state index in [2.05, 4.69) is 12.2 Å². The van der Waals surface area contributed by atoms with Crippen molar-refractivity contribution in [2.24, 2.45) is 0 Å². The van der Waals surface area contributed by atoms with Gasteiger partial charge in [0, 0.05) is 5.56 Å². The van der Waals surface area contributed by atoms with Gasteiger partial charge in [-0.25, -0.2) is 0 Å². The second-order valence-electron chi connectivity index (χ2n) is 5.42. The summed E-state index contributed by atoms with van der Waals surface area (Å²) >= 11 is 0. The first-order valence-corrected chi connectivity index (χ1v) is 7.98. The van der Waals surface area contributed by atoms with Gasteiger partial charge in [0.2, 0.25) is 0 Å². The molecule has 3 heteroatoms. The molecule has 24 heavy (non-hydrogen) atoms. The molecule has 0 bridgehead atoms.